The van der Waals surface area contributed by atoms with Gasteiger partial charge in [0.2, 0.25) is 0 Å². The Bertz CT molecular complexity index is 156. The van der Waals surface area contributed by atoms with Crippen molar-refractivity contribution >= 4 is 16.6 Å². The average molecular weight is 192 g/mol. The highest BCUT2D eigenvalue weighted by Crippen LogP contribution is 1.92. The molecule has 0 aliphatic rings. The van der Waals surface area contributed by atoms with Crippen molar-refractivity contribution in [2.24, 2.45) is 0 Å². The van der Waals surface area contributed by atoms with E-state index in [0.717, 1.165) is 6.42 Å². The van der Waals surface area contributed by atoms with Crippen LogP contribution in [0.2, 0.25) is 0 Å². The number of hydrogen-bond acceptors (Lipinski definition) is 3. The molecule has 0 saturated heterocycles. The average Bonchev–Trinajstić information content (AvgIpc) is 2.01. The van der Waals surface area contributed by atoms with E-state index in [2.05, 4.69) is 0 Å². The zero-order chi connectivity index (χ0) is 9.40. The number of carbonyl (C=O) groups is 1. The van der Waals surface area contributed by atoms with Gasteiger partial charge in [-0.15, -0.1) is 0 Å². The van der Waals surface area contributed by atoms with Crippen LogP contribution < -0.4 is 0 Å². The monoisotopic (exact) mass is 192 g/mol. The van der Waals surface area contributed by atoms with Gasteiger partial charge in [0.25, 0.3) is 0 Å². The first-order valence-corrected chi connectivity index (χ1v) is 5.49. The molecule has 0 radical (unpaired) electrons. The summed E-state index contributed by atoms with van der Waals surface area (Å²) in [6.07, 6.45) is 1.24. The molecule has 1 atom stereocenters. The summed E-state index contributed by atoms with van der Waals surface area (Å²) >= 11 is 0. The van der Waals surface area contributed by atoms with Crippen molar-refractivity contribution in [3.05, 3.63) is 0 Å². The Labute approximate surface area is 75.9 Å². The van der Waals surface area contributed by atoms with Crippen molar-refractivity contribution in [2.75, 3.05) is 25.2 Å². The van der Waals surface area contributed by atoms with Gasteiger partial charge in [-0.25, -0.2) is 0 Å². The van der Waals surface area contributed by atoms with E-state index in [1.54, 1.807) is 7.11 Å². The van der Waals surface area contributed by atoms with Gasteiger partial charge in [0, 0.05) is 42.4 Å². The lowest BCUT2D eigenvalue weighted by Gasteiger charge is -1.99. The Balaban J connectivity index is 3.28. The van der Waals surface area contributed by atoms with E-state index < -0.39 is 10.8 Å². The minimum absolute atomic E-state index is 0.107. The van der Waals surface area contributed by atoms with E-state index in [-0.39, 0.29) is 5.78 Å². The fourth-order valence-corrected chi connectivity index (χ4v) is 1.88. The molecule has 0 fully saturated rings. The number of rotatable bonds is 7. The van der Waals surface area contributed by atoms with E-state index in [1.165, 1.54) is 6.92 Å². The molecule has 0 amide bonds. The Morgan fingerprint density at radius 1 is 1.42 bits per heavy atom. The standard InChI is InChI=1S/C8H16O3S/c1-8(9)4-7-12(10)6-3-5-11-2/h3-7H2,1-2H3. The number of ether oxygens (including phenoxy) is 1. The minimum atomic E-state index is -0.843. The lowest BCUT2D eigenvalue weighted by atomic mass is 10.4. The van der Waals surface area contributed by atoms with Gasteiger partial charge in [0.1, 0.15) is 5.78 Å². The fraction of sp³-hybridized carbons (Fsp3) is 0.875. The van der Waals surface area contributed by atoms with Crippen LogP contribution in [0.15, 0.2) is 0 Å². The Morgan fingerprint density at radius 2 is 2.08 bits per heavy atom. The van der Waals surface area contributed by atoms with Crippen molar-refractivity contribution in [1.29, 1.82) is 0 Å². The van der Waals surface area contributed by atoms with Crippen molar-refractivity contribution < 1.29 is 13.7 Å². The molecule has 0 saturated carbocycles. The third kappa shape index (κ3) is 7.88. The molecule has 0 aliphatic carbocycles. The van der Waals surface area contributed by atoms with Crippen LogP contribution in [-0.2, 0) is 20.3 Å². The van der Waals surface area contributed by atoms with Crippen LogP contribution in [0.3, 0.4) is 0 Å². The number of ketones is 1. The molecule has 12 heavy (non-hydrogen) atoms. The first-order valence-electron chi connectivity index (χ1n) is 4.00. The maximum absolute atomic E-state index is 11.1. The second kappa shape index (κ2) is 7.43. The summed E-state index contributed by atoms with van der Waals surface area (Å²) in [4.78, 5) is 10.5. The Morgan fingerprint density at radius 3 is 2.58 bits per heavy atom. The number of carbonyl (C=O) groups excluding carboxylic acids is 1. The zero-order valence-corrected chi connectivity index (χ0v) is 8.49. The van der Waals surface area contributed by atoms with Crippen molar-refractivity contribution in [3.8, 4) is 0 Å². The third-order valence-electron chi connectivity index (χ3n) is 1.40. The molecule has 0 aliphatic heterocycles. The third-order valence-corrected chi connectivity index (χ3v) is 2.81. The quantitative estimate of drug-likeness (QED) is 0.559. The van der Waals surface area contributed by atoms with Crippen molar-refractivity contribution in [3.63, 3.8) is 0 Å². The molecular weight excluding hydrogens is 176 g/mol. The second-order valence-electron chi connectivity index (χ2n) is 2.65. The van der Waals surface area contributed by atoms with E-state index >= 15 is 0 Å². The highest BCUT2D eigenvalue weighted by molar-refractivity contribution is 7.84. The molecule has 0 spiro atoms. The normalized spacial score (nSPS) is 12.8. The van der Waals surface area contributed by atoms with Crippen LogP contribution in [0, 0.1) is 0 Å². The molecule has 1 unspecified atom stereocenters. The molecule has 0 aromatic heterocycles. The van der Waals surface area contributed by atoms with Crippen molar-refractivity contribution in [2.45, 2.75) is 19.8 Å². The molecule has 3 nitrogen and oxygen atoms in total. The van der Waals surface area contributed by atoms with Crippen LogP contribution in [0.25, 0.3) is 0 Å². The highest BCUT2D eigenvalue weighted by Gasteiger charge is 2.01. The van der Waals surface area contributed by atoms with Crippen LogP contribution in [0.4, 0.5) is 0 Å². The summed E-state index contributed by atoms with van der Waals surface area (Å²) in [6.45, 7) is 2.16. The van der Waals surface area contributed by atoms with Crippen LogP contribution in [0.5, 0.6) is 0 Å². The van der Waals surface area contributed by atoms with E-state index in [1.807, 2.05) is 0 Å². The lowest BCUT2D eigenvalue weighted by Crippen LogP contribution is -2.07. The summed E-state index contributed by atoms with van der Waals surface area (Å²) in [5.74, 6) is 1.25. The first-order chi connectivity index (χ1) is 5.66. The topological polar surface area (TPSA) is 43.4 Å². The van der Waals surface area contributed by atoms with Gasteiger partial charge in [-0.05, 0) is 13.3 Å². The predicted molar refractivity (Wildman–Crippen MR) is 49.7 cm³/mol. The van der Waals surface area contributed by atoms with E-state index in [0.29, 0.717) is 24.5 Å². The fourth-order valence-electron chi connectivity index (χ4n) is 0.724. The van der Waals surface area contributed by atoms with Crippen LogP contribution in [0.1, 0.15) is 19.8 Å². The lowest BCUT2D eigenvalue weighted by molar-refractivity contribution is -0.116. The number of Topliss-reactive ketones (excluding diaryl/α,β-unsaturated/α-hetero) is 1. The van der Waals surface area contributed by atoms with Gasteiger partial charge in [-0.1, -0.05) is 0 Å². The smallest absolute Gasteiger partial charge is 0.130 e. The molecule has 0 aromatic rings. The summed E-state index contributed by atoms with van der Waals surface area (Å²) in [5, 5.41) is 0. The van der Waals surface area contributed by atoms with Gasteiger partial charge >= 0.3 is 0 Å². The van der Waals surface area contributed by atoms with Crippen molar-refractivity contribution in [1.82, 2.24) is 0 Å². The molecule has 4 heteroatoms. The number of hydrogen-bond donors (Lipinski definition) is 0. The molecule has 0 bridgehead atoms. The van der Waals surface area contributed by atoms with E-state index in [9.17, 15) is 9.00 Å². The van der Waals surface area contributed by atoms with Gasteiger partial charge in [0.15, 0.2) is 0 Å². The minimum Gasteiger partial charge on any atom is -0.385 e. The molecule has 0 N–H and O–H groups in total. The summed E-state index contributed by atoms with van der Waals surface area (Å²) < 4.78 is 15.9. The maximum atomic E-state index is 11.1. The second-order valence-corrected chi connectivity index (χ2v) is 4.34. The summed E-state index contributed by atoms with van der Waals surface area (Å²) in [7, 11) is 0.781. The van der Waals surface area contributed by atoms with E-state index in [4.69, 9.17) is 4.74 Å². The molecule has 0 rings (SSSR count). The van der Waals surface area contributed by atoms with Crippen LogP contribution >= 0.6 is 0 Å². The molecule has 0 aromatic carbocycles. The Kier molecular flexibility index (Phi) is 7.29. The molecular formula is C8H16O3S. The largest absolute Gasteiger partial charge is 0.385 e. The van der Waals surface area contributed by atoms with Crippen LogP contribution in [-0.4, -0.2) is 35.2 Å². The van der Waals surface area contributed by atoms with Gasteiger partial charge in [0.05, 0.1) is 0 Å². The molecule has 72 valence electrons. The Hall–Kier alpha value is -0.220. The summed E-state index contributed by atoms with van der Waals surface area (Å²) in [6, 6.07) is 0. The summed E-state index contributed by atoms with van der Waals surface area (Å²) in [5.41, 5.74) is 0. The molecule has 0 heterocycles. The predicted octanol–water partition coefficient (Wildman–Crippen LogP) is 0.751. The maximum Gasteiger partial charge on any atom is 0.130 e. The zero-order valence-electron chi connectivity index (χ0n) is 7.67. The van der Waals surface area contributed by atoms with Gasteiger partial charge < -0.3 is 4.74 Å². The van der Waals surface area contributed by atoms with Gasteiger partial charge in [-0.3, -0.25) is 9.00 Å². The first kappa shape index (κ1) is 11.8. The SMILES string of the molecule is COCCCS(=O)CCC(C)=O. The number of methoxy groups -OCH3 is 1. The van der Waals surface area contributed by atoms with Gasteiger partial charge in [-0.2, -0.15) is 0 Å². The highest BCUT2D eigenvalue weighted by atomic mass is 32.2.